The van der Waals surface area contributed by atoms with Gasteiger partial charge >= 0.3 is 5.69 Å². The molecule has 4 aromatic rings. The molecule has 42 heavy (non-hydrogen) atoms. The van der Waals surface area contributed by atoms with E-state index >= 15 is 0 Å². The summed E-state index contributed by atoms with van der Waals surface area (Å²) in [5, 5.41) is 3.63. The van der Waals surface area contributed by atoms with Crippen molar-refractivity contribution in [2.24, 2.45) is 5.92 Å². The minimum Gasteiger partial charge on any atom is -0.349 e. The zero-order valence-corrected chi connectivity index (χ0v) is 24.6. The van der Waals surface area contributed by atoms with Crippen molar-refractivity contribution in [3.8, 4) is 0 Å². The maximum absolute atomic E-state index is 14.0. The van der Waals surface area contributed by atoms with Crippen LogP contribution in [0.1, 0.15) is 60.1 Å². The summed E-state index contributed by atoms with van der Waals surface area (Å²) in [5.41, 5.74) is 6.33. The molecule has 7 heteroatoms. The highest BCUT2D eigenvalue weighted by Gasteiger charge is 2.26. The van der Waals surface area contributed by atoms with E-state index in [4.69, 9.17) is 11.6 Å². The number of nitrogens with one attached hydrogen (secondary N) is 1. The van der Waals surface area contributed by atoms with Crippen molar-refractivity contribution >= 4 is 39.8 Å². The van der Waals surface area contributed by atoms with Crippen molar-refractivity contribution in [3.63, 3.8) is 0 Å². The summed E-state index contributed by atoms with van der Waals surface area (Å²) in [6.07, 6.45) is 15.6. The maximum Gasteiger partial charge on any atom is 0.333 e. The van der Waals surface area contributed by atoms with Crippen molar-refractivity contribution < 1.29 is 4.79 Å². The largest absolute Gasteiger partial charge is 0.349 e. The van der Waals surface area contributed by atoms with Gasteiger partial charge in [-0.05, 0) is 86.8 Å². The number of carbonyl (C=O) groups is 1. The number of allylic oxidation sites excluding steroid dienone is 6. The van der Waals surface area contributed by atoms with Crippen LogP contribution in [0.4, 0.5) is 0 Å². The predicted molar refractivity (Wildman–Crippen MR) is 170 cm³/mol. The van der Waals surface area contributed by atoms with E-state index in [-0.39, 0.29) is 17.6 Å². The Balaban J connectivity index is 1.19. The van der Waals surface area contributed by atoms with Gasteiger partial charge in [-0.25, -0.2) is 4.79 Å². The molecule has 1 N–H and O–H groups in total. The number of nitrogens with zero attached hydrogens (tertiary/aromatic N) is 3. The van der Waals surface area contributed by atoms with Crippen molar-refractivity contribution in [2.45, 2.75) is 58.0 Å². The fourth-order valence-corrected chi connectivity index (χ4v) is 6.33. The van der Waals surface area contributed by atoms with E-state index < -0.39 is 0 Å². The number of pyridine rings is 1. The third-order valence-corrected chi connectivity index (χ3v) is 8.65. The van der Waals surface area contributed by atoms with Crippen LogP contribution in [0.15, 0.2) is 96.0 Å². The van der Waals surface area contributed by atoms with Crippen LogP contribution >= 0.6 is 11.6 Å². The van der Waals surface area contributed by atoms with Gasteiger partial charge in [0.2, 0.25) is 0 Å². The minimum absolute atomic E-state index is 0.00253. The van der Waals surface area contributed by atoms with Crippen molar-refractivity contribution in [3.05, 3.63) is 123 Å². The fraction of sp³-hybridized carbons (Fsp3) is 0.286. The SMILES string of the molecule is Cc1ncc(Cl)cc1C(=O)NC1CCC(Cn2c(=O)n(C3=CCC/C=C(\c4ccccc4)C=C3)c3ccccc32)CC1. The van der Waals surface area contributed by atoms with Crippen LogP contribution in [0.2, 0.25) is 5.02 Å². The van der Waals surface area contributed by atoms with E-state index in [9.17, 15) is 9.59 Å². The lowest BCUT2D eigenvalue weighted by Crippen LogP contribution is -2.39. The lowest BCUT2D eigenvalue weighted by Gasteiger charge is -2.29. The smallest absolute Gasteiger partial charge is 0.333 e. The summed E-state index contributed by atoms with van der Waals surface area (Å²) >= 11 is 6.07. The van der Waals surface area contributed by atoms with Crippen molar-refractivity contribution in [1.29, 1.82) is 0 Å². The molecule has 6 nitrogen and oxygen atoms in total. The Kier molecular flexibility index (Phi) is 8.24. The van der Waals surface area contributed by atoms with E-state index in [1.54, 1.807) is 12.3 Å². The molecule has 2 aromatic heterocycles. The molecular formula is C35H35ClN4O2. The number of hydrogen-bond acceptors (Lipinski definition) is 3. The predicted octanol–water partition coefficient (Wildman–Crippen LogP) is 7.42. The van der Waals surface area contributed by atoms with Gasteiger partial charge in [0.15, 0.2) is 0 Å². The van der Waals surface area contributed by atoms with Crippen molar-refractivity contribution in [2.75, 3.05) is 0 Å². The first-order valence-corrected chi connectivity index (χ1v) is 15.1. The van der Waals surface area contributed by atoms with Crippen LogP contribution in [0.5, 0.6) is 0 Å². The molecule has 0 radical (unpaired) electrons. The molecule has 1 fully saturated rings. The van der Waals surface area contributed by atoms with Gasteiger partial charge in [0.05, 0.1) is 27.3 Å². The molecule has 0 saturated heterocycles. The van der Waals surface area contributed by atoms with Crippen LogP contribution in [-0.4, -0.2) is 26.1 Å². The van der Waals surface area contributed by atoms with Crippen molar-refractivity contribution in [1.82, 2.24) is 19.4 Å². The number of halogens is 1. The molecule has 2 aromatic carbocycles. The Morgan fingerprint density at radius 1 is 0.952 bits per heavy atom. The molecule has 0 spiro atoms. The number of aromatic nitrogens is 3. The van der Waals surface area contributed by atoms with E-state index in [0.29, 0.717) is 28.7 Å². The van der Waals surface area contributed by atoms with Gasteiger partial charge in [0.25, 0.3) is 5.91 Å². The standard InChI is InChI=1S/C35H35ClN4O2/c1-24-31(21-28(36)22-37-24)34(41)38-29-18-15-25(16-19-29)23-39-32-13-7-8-14-33(32)40(35(39)42)30-12-6-5-11-27(17-20-30)26-9-3-2-4-10-26/h2-4,7-14,17,20-22,25,29H,5-6,15-16,18-19,23H2,1H3,(H,38,41)/b20-17?,27-11-,30-12?. The second-order valence-electron chi connectivity index (χ2n) is 11.3. The first-order chi connectivity index (χ1) is 20.5. The second-order valence-corrected chi connectivity index (χ2v) is 11.7. The lowest BCUT2D eigenvalue weighted by atomic mass is 9.85. The Labute approximate surface area is 251 Å². The Morgan fingerprint density at radius 2 is 1.67 bits per heavy atom. The summed E-state index contributed by atoms with van der Waals surface area (Å²) in [4.78, 5) is 31.1. The van der Waals surface area contributed by atoms with Gasteiger partial charge in [-0.3, -0.25) is 18.9 Å². The molecule has 2 aliphatic rings. The molecule has 2 aliphatic carbocycles. The third kappa shape index (κ3) is 5.90. The first-order valence-electron chi connectivity index (χ1n) is 14.8. The lowest BCUT2D eigenvalue weighted by molar-refractivity contribution is 0.0919. The van der Waals surface area contributed by atoms with Gasteiger partial charge in [0, 0.05) is 24.5 Å². The molecule has 2 heterocycles. The van der Waals surface area contributed by atoms with Crippen LogP contribution in [0, 0.1) is 12.8 Å². The van der Waals surface area contributed by atoms with Gasteiger partial charge < -0.3 is 5.32 Å². The van der Waals surface area contributed by atoms with Gasteiger partial charge in [-0.15, -0.1) is 0 Å². The highest BCUT2D eigenvalue weighted by molar-refractivity contribution is 6.30. The number of amides is 1. The fourth-order valence-electron chi connectivity index (χ4n) is 6.17. The summed E-state index contributed by atoms with van der Waals surface area (Å²) in [7, 11) is 0. The summed E-state index contributed by atoms with van der Waals surface area (Å²) < 4.78 is 3.81. The summed E-state index contributed by atoms with van der Waals surface area (Å²) in [6, 6.07) is 20.2. The minimum atomic E-state index is -0.129. The van der Waals surface area contributed by atoms with Gasteiger partial charge in [0.1, 0.15) is 0 Å². The number of rotatable bonds is 6. The summed E-state index contributed by atoms with van der Waals surface area (Å²) in [6.45, 7) is 2.48. The highest BCUT2D eigenvalue weighted by atomic mass is 35.5. The topological polar surface area (TPSA) is 68.9 Å². The zero-order valence-electron chi connectivity index (χ0n) is 23.8. The average Bonchev–Trinajstić information content (AvgIpc) is 3.26. The Morgan fingerprint density at radius 3 is 2.45 bits per heavy atom. The number of fused-ring (bicyclic) bond motifs is 1. The first kappa shape index (κ1) is 28.0. The molecule has 214 valence electrons. The molecule has 0 aliphatic heterocycles. The van der Waals surface area contributed by atoms with Gasteiger partial charge in [-0.1, -0.05) is 72.3 Å². The Hall–Kier alpha value is -4.16. The number of imidazole rings is 1. The summed E-state index contributed by atoms with van der Waals surface area (Å²) in [5.74, 6) is 0.232. The van der Waals surface area contributed by atoms with E-state index in [1.165, 1.54) is 11.1 Å². The number of aryl methyl sites for hydroxylation is 1. The molecule has 1 amide bonds. The quantitative estimate of drug-likeness (QED) is 0.259. The zero-order chi connectivity index (χ0) is 29.1. The number of hydrogen-bond donors (Lipinski definition) is 1. The average molecular weight is 579 g/mol. The molecule has 0 atom stereocenters. The van der Waals surface area contributed by atoms with Crippen LogP contribution in [0.3, 0.4) is 0 Å². The maximum atomic E-state index is 14.0. The van der Waals surface area contributed by atoms with Crippen LogP contribution in [-0.2, 0) is 6.54 Å². The number of benzene rings is 2. The Bertz CT molecular complexity index is 1750. The number of carbonyl (C=O) groups excluding carboxylic acids is 1. The molecule has 6 rings (SSSR count). The van der Waals surface area contributed by atoms with Gasteiger partial charge in [-0.2, -0.15) is 0 Å². The van der Waals surface area contributed by atoms with E-state index in [0.717, 1.165) is 55.3 Å². The molecular weight excluding hydrogens is 544 g/mol. The third-order valence-electron chi connectivity index (χ3n) is 8.44. The van der Waals surface area contributed by atoms with E-state index in [2.05, 4.69) is 58.9 Å². The molecule has 0 bridgehead atoms. The molecule has 0 unspecified atom stereocenters. The number of para-hydroxylation sites is 2. The van der Waals surface area contributed by atoms with Crippen LogP contribution in [0.25, 0.3) is 22.3 Å². The molecule has 1 saturated carbocycles. The second kappa shape index (κ2) is 12.4. The van der Waals surface area contributed by atoms with Crippen LogP contribution < -0.4 is 11.0 Å². The highest BCUT2D eigenvalue weighted by Crippen LogP contribution is 2.29. The monoisotopic (exact) mass is 578 g/mol. The normalized spacial score (nSPS) is 20.3. The van der Waals surface area contributed by atoms with E-state index in [1.807, 2.05) is 46.4 Å².